The molecule has 0 heterocycles. The molecule has 1 aromatic rings. The van der Waals surface area contributed by atoms with Crippen molar-refractivity contribution in [3.05, 3.63) is 29.8 Å². The lowest BCUT2D eigenvalue weighted by molar-refractivity contribution is 0.0859. The molecule has 0 amide bonds. The predicted octanol–water partition coefficient (Wildman–Crippen LogP) is 3.46. The van der Waals surface area contributed by atoms with E-state index >= 15 is 0 Å². The molecule has 1 unspecified atom stereocenters. The molecule has 0 saturated carbocycles. The SMILES string of the molecule is CCO[Si](OCC)(OCC)c1ccc(C(C)CC)cc1. The molecule has 0 bridgehead atoms. The second kappa shape index (κ2) is 8.57. The Hall–Kier alpha value is -0.683. The maximum absolute atomic E-state index is 5.92. The van der Waals surface area contributed by atoms with E-state index in [9.17, 15) is 0 Å². The van der Waals surface area contributed by atoms with Gasteiger partial charge in [-0.25, -0.2) is 0 Å². The smallest absolute Gasteiger partial charge is 0.370 e. The van der Waals surface area contributed by atoms with Crippen molar-refractivity contribution in [2.45, 2.75) is 47.0 Å². The van der Waals surface area contributed by atoms with Crippen LogP contribution in [-0.2, 0) is 13.3 Å². The number of hydrogen-bond donors (Lipinski definition) is 0. The lowest BCUT2D eigenvalue weighted by Gasteiger charge is -2.28. The van der Waals surface area contributed by atoms with Gasteiger partial charge in [0.1, 0.15) is 0 Å². The monoisotopic (exact) mass is 296 g/mol. The maximum atomic E-state index is 5.92. The minimum absolute atomic E-state index is 0.575. The Kier molecular flexibility index (Phi) is 7.44. The van der Waals surface area contributed by atoms with E-state index in [0.29, 0.717) is 25.7 Å². The Morgan fingerprint density at radius 1 is 0.850 bits per heavy atom. The molecule has 1 rings (SSSR count). The molecule has 0 aliphatic rings. The molecule has 0 saturated heterocycles. The summed E-state index contributed by atoms with van der Waals surface area (Å²) in [6, 6.07) is 8.55. The molecule has 1 atom stereocenters. The van der Waals surface area contributed by atoms with Crippen molar-refractivity contribution >= 4 is 14.0 Å². The van der Waals surface area contributed by atoms with Crippen LogP contribution in [0.5, 0.6) is 0 Å². The number of rotatable bonds is 9. The van der Waals surface area contributed by atoms with Crippen LogP contribution in [0.25, 0.3) is 0 Å². The number of hydrogen-bond acceptors (Lipinski definition) is 3. The van der Waals surface area contributed by atoms with Gasteiger partial charge in [-0.2, -0.15) is 0 Å². The van der Waals surface area contributed by atoms with Crippen LogP contribution in [0, 0.1) is 0 Å². The summed E-state index contributed by atoms with van der Waals surface area (Å²) in [5.41, 5.74) is 1.35. The summed E-state index contributed by atoms with van der Waals surface area (Å²) in [5.74, 6) is 0.575. The molecular weight excluding hydrogens is 268 g/mol. The van der Waals surface area contributed by atoms with Gasteiger partial charge in [0.05, 0.1) is 0 Å². The normalized spacial score (nSPS) is 13.4. The van der Waals surface area contributed by atoms with Crippen molar-refractivity contribution in [3.8, 4) is 0 Å². The van der Waals surface area contributed by atoms with Crippen LogP contribution in [-0.4, -0.2) is 28.6 Å². The van der Waals surface area contributed by atoms with E-state index in [1.165, 1.54) is 5.56 Å². The predicted molar refractivity (Wildman–Crippen MR) is 85.4 cm³/mol. The molecule has 0 aromatic heterocycles. The fourth-order valence-electron chi connectivity index (χ4n) is 2.20. The highest BCUT2D eigenvalue weighted by molar-refractivity contribution is 6.75. The molecule has 0 aliphatic heterocycles. The minimum atomic E-state index is -2.74. The fourth-order valence-corrected chi connectivity index (χ4v) is 4.66. The molecule has 20 heavy (non-hydrogen) atoms. The molecule has 0 fully saturated rings. The average molecular weight is 296 g/mol. The summed E-state index contributed by atoms with van der Waals surface area (Å²) in [5, 5.41) is 1.05. The van der Waals surface area contributed by atoms with Gasteiger partial charge in [0.15, 0.2) is 0 Å². The second-order valence-electron chi connectivity index (χ2n) is 4.79. The van der Waals surface area contributed by atoms with Crippen LogP contribution in [0.3, 0.4) is 0 Å². The summed E-state index contributed by atoms with van der Waals surface area (Å²) in [7, 11) is -2.74. The van der Waals surface area contributed by atoms with E-state index in [4.69, 9.17) is 13.3 Å². The second-order valence-corrected chi connectivity index (χ2v) is 7.34. The Morgan fingerprint density at radius 3 is 1.65 bits per heavy atom. The zero-order chi connectivity index (χ0) is 15.0. The first-order valence-corrected chi connectivity index (χ1v) is 9.38. The zero-order valence-corrected chi connectivity index (χ0v) is 14.4. The van der Waals surface area contributed by atoms with Gasteiger partial charge in [-0.1, -0.05) is 38.1 Å². The minimum Gasteiger partial charge on any atom is -0.370 e. The van der Waals surface area contributed by atoms with E-state index in [0.717, 1.165) is 11.6 Å². The maximum Gasteiger partial charge on any atom is 0.537 e. The van der Waals surface area contributed by atoms with Crippen molar-refractivity contribution in [3.63, 3.8) is 0 Å². The molecule has 114 valence electrons. The summed E-state index contributed by atoms with van der Waals surface area (Å²) in [6.07, 6.45) is 1.14. The third-order valence-corrected chi connectivity index (χ3v) is 6.50. The zero-order valence-electron chi connectivity index (χ0n) is 13.4. The third kappa shape index (κ3) is 4.15. The topological polar surface area (TPSA) is 27.7 Å². The van der Waals surface area contributed by atoms with Crippen LogP contribution in [0.4, 0.5) is 0 Å². The van der Waals surface area contributed by atoms with Gasteiger partial charge in [0, 0.05) is 25.0 Å². The first-order chi connectivity index (χ1) is 9.63. The Morgan fingerprint density at radius 2 is 1.30 bits per heavy atom. The van der Waals surface area contributed by atoms with Crippen LogP contribution in [0.2, 0.25) is 0 Å². The molecule has 0 radical (unpaired) electrons. The highest BCUT2D eigenvalue weighted by Crippen LogP contribution is 2.19. The van der Waals surface area contributed by atoms with E-state index in [2.05, 4.69) is 38.1 Å². The largest absolute Gasteiger partial charge is 0.537 e. The lowest BCUT2D eigenvalue weighted by Crippen LogP contribution is -2.56. The van der Waals surface area contributed by atoms with Gasteiger partial charge in [0.2, 0.25) is 0 Å². The quantitative estimate of drug-likeness (QED) is 0.653. The Labute approximate surface area is 124 Å². The van der Waals surface area contributed by atoms with Crippen molar-refractivity contribution in [1.29, 1.82) is 0 Å². The Bertz CT molecular complexity index is 361. The summed E-state index contributed by atoms with van der Waals surface area (Å²) >= 11 is 0. The molecule has 0 N–H and O–H groups in total. The van der Waals surface area contributed by atoms with Crippen LogP contribution < -0.4 is 5.19 Å². The highest BCUT2D eigenvalue weighted by atomic mass is 28.4. The van der Waals surface area contributed by atoms with Crippen molar-refractivity contribution in [2.75, 3.05) is 19.8 Å². The first-order valence-electron chi connectivity index (χ1n) is 7.65. The van der Waals surface area contributed by atoms with Crippen molar-refractivity contribution < 1.29 is 13.3 Å². The van der Waals surface area contributed by atoms with Gasteiger partial charge in [-0.3, -0.25) is 0 Å². The molecule has 1 aromatic carbocycles. The van der Waals surface area contributed by atoms with E-state index in [1.807, 2.05) is 20.8 Å². The molecule has 0 spiro atoms. The van der Waals surface area contributed by atoms with Gasteiger partial charge in [-0.15, -0.1) is 0 Å². The molecule has 3 nitrogen and oxygen atoms in total. The van der Waals surface area contributed by atoms with Crippen molar-refractivity contribution in [2.24, 2.45) is 0 Å². The standard InChI is InChI=1S/C16H28O3Si/c1-6-14(5)15-10-12-16(13-11-15)20(17-7-2,18-8-3)19-9-4/h10-14H,6-9H2,1-5H3. The van der Waals surface area contributed by atoms with E-state index in [-0.39, 0.29) is 0 Å². The van der Waals surface area contributed by atoms with Gasteiger partial charge >= 0.3 is 8.80 Å². The molecule has 4 heteroatoms. The average Bonchev–Trinajstić information content (AvgIpc) is 2.47. The van der Waals surface area contributed by atoms with E-state index < -0.39 is 8.80 Å². The Balaban J connectivity index is 3.06. The molecule has 0 aliphatic carbocycles. The summed E-state index contributed by atoms with van der Waals surface area (Å²) < 4.78 is 17.8. The third-order valence-electron chi connectivity index (χ3n) is 3.45. The van der Waals surface area contributed by atoms with Crippen molar-refractivity contribution in [1.82, 2.24) is 0 Å². The summed E-state index contributed by atoms with van der Waals surface area (Å²) in [4.78, 5) is 0. The fraction of sp³-hybridized carbons (Fsp3) is 0.625. The molecular formula is C16H28O3Si. The lowest BCUT2D eigenvalue weighted by atomic mass is 9.99. The highest BCUT2D eigenvalue weighted by Gasteiger charge is 2.43. The van der Waals surface area contributed by atoms with Crippen LogP contribution in [0.15, 0.2) is 24.3 Å². The van der Waals surface area contributed by atoms with Gasteiger partial charge in [-0.05, 0) is 38.7 Å². The summed E-state index contributed by atoms with van der Waals surface area (Å²) in [6.45, 7) is 12.2. The van der Waals surface area contributed by atoms with Crippen LogP contribution in [0.1, 0.15) is 52.5 Å². The van der Waals surface area contributed by atoms with Gasteiger partial charge in [0.25, 0.3) is 0 Å². The number of benzene rings is 1. The van der Waals surface area contributed by atoms with E-state index in [1.54, 1.807) is 0 Å². The van der Waals surface area contributed by atoms with Gasteiger partial charge < -0.3 is 13.3 Å². The van der Waals surface area contributed by atoms with Crippen LogP contribution >= 0.6 is 0 Å². The first kappa shape index (κ1) is 17.4.